The van der Waals surface area contributed by atoms with Crippen molar-refractivity contribution >= 4 is 11.8 Å². The van der Waals surface area contributed by atoms with Gasteiger partial charge >= 0.3 is 5.97 Å². The summed E-state index contributed by atoms with van der Waals surface area (Å²) >= 11 is 0. The minimum atomic E-state index is -0.753. The Bertz CT molecular complexity index is 399. The lowest BCUT2D eigenvalue weighted by molar-refractivity contribution is -0.142. The lowest BCUT2D eigenvalue weighted by atomic mass is 10.3. The monoisotopic (exact) mass is 244 g/mol. The molecule has 0 saturated carbocycles. The summed E-state index contributed by atoms with van der Waals surface area (Å²) in [5, 5.41) is 0. The van der Waals surface area contributed by atoms with Crippen molar-refractivity contribution in [3.63, 3.8) is 0 Å². The number of esters is 1. The third kappa shape index (κ3) is 3.97. The summed E-state index contributed by atoms with van der Waals surface area (Å²) < 4.78 is 30.7. The molecule has 0 spiro atoms. The van der Waals surface area contributed by atoms with Crippen LogP contribution in [0.15, 0.2) is 12.3 Å². The van der Waals surface area contributed by atoms with Crippen LogP contribution in [0.2, 0.25) is 0 Å². The van der Waals surface area contributed by atoms with E-state index in [9.17, 15) is 13.6 Å². The number of rotatable bonds is 5. The molecule has 0 N–H and O–H groups in total. The van der Waals surface area contributed by atoms with Crippen LogP contribution in [0.4, 0.5) is 14.6 Å². The van der Waals surface area contributed by atoms with Gasteiger partial charge in [0.1, 0.15) is 5.82 Å². The van der Waals surface area contributed by atoms with Gasteiger partial charge in [0.15, 0.2) is 11.6 Å². The van der Waals surface area contributed by atoms with E-state index >= 15 is 0 Å². The maximum atomic E-state index is 13.3. The number of ether oxygens (including phenoxy) is 1. The van der Waals surface area contributed by atoms with E-state index in [4.69, 9.17) is 4.74 Å². The van der Waals surface area contributed by atoms with Crippen LogP contribution in [0, 0.1) is 11.6 Å². The van der Waals surface area contributed by atoms with E-state index in [2.05, 4.69) is 4.98 Å². The zero-order valence-electron chi connectivity index (χ0n) is 9.74. The lowest BCUT2D eigenvalue weighted by Gasteiger charge is -2.17. The number of hydrogen-bond donors (Lipinski definition) is 0. The lowest BCUT2D eigenvalue weighted by Crippen LogP contribution is -2.24. The molecule has 1 heterocycles. The fraction of sp³-hybridized carbons (Fsp3) is 0.455. The molecule has 1 aromatic heterocycles. The Morgan fingerprint density at radius 3 is 2.82 bits per heavy atom. The van der Waals surface area contributed by atoms with Crippen molar-refractivity contribution in [3.05, 3.63) is 23.9 Å². The second kappa shape index (κ2) is 6.12. The molecule has 0 amide bonds. The highest BCUT2D eigenvalue weighted by atomic mass is 19.1. The van der Waals surface area contributed by atoms with Crippen LogP contribution in [0.3, 0.4) is 0 Å². The first-order valence-electron chi connectivity index (χ1n) is 5.22. The predicted octanol–water partition coefficient (Wildman–Crippen LogP) is 1.75. The van der Waals surface area contributed by atoms with Crippen molar-refractivity contribution in [3.8, 4) is 0 Å². The topological polar surface area (TPSA) is 42.4 Å². The number of carbonyl (C=O) groups is 1. The third-order valence-corrected chi connectivity index (χ3v) is 2.11. The Labute approximate surface area is 98.2 Å². The molecule has 17 heavy (non-hydrogen) atoms. The number of pyridine rings is 1. The number of carbonyl (C=O) groups excluding carboxylic acids is 1. The van der Waals surface area contributed by atoms with Crippen LogP contribution in [-0.4, -0.2) is 31.2 Å². The first-order chi connectivity index (χ1) is 8.04. The Balaban J connectivity index is 2.57. The Morgan fingerprint density at radius 2 is 2.24 bits per heavy atom. The quantitative estimate of drug-likeness (QED) is 0.740. The van der Waals surface area contributed by atoms with E-state index < -0.39 is 11.6 Å². The van der Waals surface area contributed by atoms with Crippen molar-refractivity contribution in [2.24, 2.45) is 0 Å². The van der Waals surface area contributed by atoms with Gasteiger partial charge in [-0.3, -0.25) is 4.79 Å². The maximum Gasteiger partial charge on any atom is 0.307 e. The van der Waals surface area contributed by atoms with Gasteiger partial charge in [0.05, 0.1) is 19.2 Å². The zero-order chi connectivity index (χ0) is 12.8. The smallest absolute Gasteiger partial charge is 0.307 e. The van der Waals surface area contributed by atoms with Gasteiger partial charge in [-0.1, -0.05) is 0 Å². The normalized spacial score (nSPS) is 10.1. The minimum Gasteiger partial charge on any atom is -0.466 e. The number of aromatic nitrogens is 1. The summed E-state index contributed by atoms with van der Waals surface area (Å²) in [6.07, 6.45) is 1.06. The summed E-state index contributed by atoms with van der Waals surface area (Å²) in [7, 11) is 1.57. The van der Waals surface area contributed by atoms with Crippen LogP contribution in [0.5, 0.6) is 0 Å². The molecule has 1 aromatic rings. The second-order valence-electron chi connectivity index (χ2n) is 3.44. The molecule has 0 aliphatic carbocycles. The van der Waals surface area contributed by atoms with E-state index in [1.165, 1.54) is 4.90 Å². The molecular weight excluding hydrogens is 230 g/mol. The summed E-state index contributed by atoms with van der Waals surface area (Å²) in [5.41, 5.74) is 0. The molecule has 0 atom stereocenters. The predicted molar refractivity (Wildman–Crippen MR) is 58.7 cm³/mol. The maximum absolute atomic E-state index is 13.3. The molecule has 0 unspecified atom stereocenters. The standard InChI is InChI=1S/C11H14F2N2O2/c1-3-17-10(16)4-5-15(2)11-9(13)6-8(12)7-14-11/h6-7H,3-5H2,1-2H3. The summed E-state index contributed by atoms with van der Waals surface area (Å²) in [6.45, 7) is 2.28. The number of anilines is 1. The minimum absolute atomic E-state index is 0.00991. The van der Waals surface area contributed by atoms with Gasteiger partial charge in [-0.2, -0.15) is 0 Å². The molecule has 0 saturated heterocycles. The Morgan fingerprint density at radius 1 is 1.53 bits per heavy atom. The molecule has 94 valence electrons. The fourth-order valence-corrected chi connectivity index (χ4v) is 1.29. The highest BCUT2D eigenvalue weighted by molar-refractivity contribution is 5.70. The van der Waals surface area contributed by atoms with Crippen molar-refractivity contribution in [1.29, 1.82) is 0 Å². The average molecular weight is 244 g/mol. The van der Waals surface area contributed by atoms with Crippen LogP contribution in [0.25, 0.3) is 0 Å². The van der Waals surface area contributed by atoms with E-state index in [1.54, 1.807) is 14.0 Å². The SMILES string of the molecule is CCOC(=O)CCN(C)c1ncc(F)cc1F. The van der Waals surface area contributed by atoms with Crippen molar-refractivity contribution in [2.45, 2.75) is 13.3 Å². The largest absolute Gasteiger partial charge is 0.466 e. The molecule has 0 aliphatic rings. The van der Waals surface area contributed by atoms with Crippen LogP contribution < -0.4 is 4.90 Å². The molecule has 4 nitrogen and oxygen atoms in total. The molecule has 6 heteroatoms. The van der Waals surface area contributed by atoms with Gasteiger partial charge in [-0.25, -0.2) is 13.8 Å². The number of halogens is 2. The second-order valence-corrected chi connectivity index (χ2v) is 3.44. The summed E-state index contributed by atoms with van der Waals surface area (Å²) in [6, 6.07) is 0.753. The zero-order valence-corrected chi connectivity index (χ0v) is 9.74. The molecule has 0 fully saturated rings. The molecule has 1 rings (SSSR count). The highest BCUT2D eigenvalue weighted by Gasteiger charge is 2.12. The fourth-order valence-electron chi connectivity index (χ4n) is 1.29. The van der Waals surface area contributed by atoms with Crippen molar-refractivity contribution < 1.29 is 18.3 Å². The van der Waals surface area contributed by atoms with E-state index in [-0.39, 0.29) is 24.8 Å². The van der Waals surface area contributed by atoms with E-state index in [1.807, 2.05) is 0 Å². The molecule has 0 aromatic carbocycles. The van der Waals surface area contributed by atoms with Crippen LogP contribution >= 0.6 is 0 Å². The van der Waals surface area contributed by atoms with Gasteiger partial charge in [0.2, 0.25) is 0 Å². The summed E-state index contributed by atoms with van der Waals surface area (Å²) in [5.74, 6) is -1.83. The highest BCUT2D eigenvalue weighted by Crippen LogP contribution is 2.15. The Kier molecular flexibility index (Phi) is 4.81. The summed E-state index contributed by atoms with van der Waals surface area (Å²) in [4.78, 5) is 16.2. The van der Waals surface area contributed by atoms with Gasteiger partial charge in [0.25, 0.3) is 0 Å². The number of nitrogens with zero attached hydrogens (tertiary/aromatic N) is 2. The molecule has 0 radical (unpaired) electrons. The third-order valence-electron chi connectivity index (χ3n) is 2.11. The van der Waals surface area contributed by atoms with Gasteiger partial charge in [-0.15, -0.1) is 0 Å². The van der Waals surface area contributed by atoms with E-state index in [0.29, 0.717) is 6.61 Å². The molecular formula is C11H14F2N2O2. The van der Waals surface area contributed by atoms with E-state index in [0.717, 1.165) is 12.3 Å². The van der Waals surface area contributed by atoms with Gasteiger partial charge < -0.3 is 9.64 Å². The van der Waals surface area contributed by atoms with Crippen LogP contribution in [-0.2, 0) is 9.53 Å². The average Bonchev–Trinajstić information content (AvgIpc) is 2.26. The first-order valence-corrected chi connectivity index (χ1v) is 5.22. The van der Waals surface area contributed by atoms with Gasteiger partial charge in [-0.05, 0) is 6.92 Å². The first kappa shape index (κ1) is 13.3. The van der Waals surface area contributed by atoms with Crippen molar-refractivity contribution in [2.75, 3.05) is 25.1 Å². The Hall–Kier alpha value is -1.72. The number of hydrogen-bond acceptors (Lipinski definition) is 4. The molecule has 0 bridgehead atoms. The molecule has 0 aliphatic heterocycles. The van der Waals surface area contributed by atoms with Crippen molar-refractivity contribution in [1.82, 2.24) is 4.98 Å². The van der Waals surface area contributed by atoms with Crippen LogP contribution in [0.1, 0.15) is 13.3 Å². The van der Waals surface area contributed by atoms with Gasteiger partial charge in [0, 0.05) is 19.7 Å².